The number of morpholine rings is 1. The van der Waals surface area contributed by atoms with Gasteiger partial charge < -0.3 is 20.1 Å². The van der Waals surface area contributed by atoms with Crippen LogP contribution in [0.1, 0.15) is 18.2 Å². The average molecular weight is 423 g/mol. The summed E-state index contributed by atoms with van der Waals surface area (Å²) in [6.45, 7) is 1.53. The molecule has 0 bridgehead atoms. The van der Waals surface area contributed by atoms with E-state index in [-0.39, 0.29) is 36.8 Å². The molecule has 31 heavy (non-hydrogen) atoms. The summed E-state index contributed by atoms with van der Waals surface area (Å²) in [4.78, 5) is 26.8. The molecule has 1 saturated heterocycles. The largest absolute Gasteiger partial charge is 0.493 e. The summed E-state index contributed by atoms with van der Waals surface area (Å²) in [6.07, 6.45) is 4.90. The minimum Gasteiger partial charge on any atom is -0.493 e. The number of nitrogens with zero attached hydrogens (tertiary/aromatic N) is 4. The van der Waals surface area contributed by atoms with Crippen molar-refractivity contribution >= 4 is 11.9 Å². The number of halogens is 1. The third-order valence-corrected chi connectivity index (χ3v) is 4.92. The van der Waals surface area contributed by atoms with Gasteiger partial charge in [0, 0.05) is 42.3 Å². The maximum atomic E-state index is 13.2. The van der Waals surface area contributed by atoms with E-state index in [0.29, 0.717) is 25.4 Å². The van der Waals surface area contributed by atoms with Gasteiger partial charge in [-0.05, 0) is 18.2 Å². The standard InChI is InChI=1S/C22H22FN5O3/c23-17-2-1-3-18(10-17)30-8-6-21(29)28-7-9-31-20(14-28)19-5-4-15(11-25-19)16-12-26-22(24)27-13-16/h1-5,10-13,20H,6-9,14H2,(H2,24,26,27)/t20-/m1/s1. The molecule has 1 fully saturated rings. The first-order valence-corrected chi connectivity index (χ1v) is 9.90. The molecule has 0 radical (unpaired) electrons. The zero-order valence-corrected chi connectivity index (χ0v) is 16.8. The fourth-order valence-corrected chi connectivity index (χ4v) is 3.28. The highest BCUT2D eigenvalue weighted by molar-refractivity contribution is 5.76. The number of carbonyl (C=O) groups excluding carboxylic acids is 1. The van der Waals surface area contributed by atoms with Gasteiger partial charge in [0.25, 0.3) is 0 Å². The number of hydrogen-bond acceptors (Lipinski definition) is 7. The Hall–Kier alpha value is -3.59. The van der Waals surface area contributed by atoms with Crippen molar-refractivity contribution < 1.29 is 18.7 Å². The Labute approximate surface area is 178 Å². The van der Waals surface area contributed by atoms with E-state index in [4.69, 9.17) is 15.2 Å². The van der Waals surface area contributed by atoms with Crippen molar-refractivity contribution in [2.45, 2.75) is 12.5 Å². The van der Waals surface area contributed by atoms with E-state index in [0.717, 1.165) is 16.8 Å². The first-order valence-electron chi connectivity index (χ1n) is 9.90. The molecule has 0 aliphatic carbocycles. The lowest BCUT2D eigenvalue weighted by molar-refractivity contribution is -0.139. The molecule has 8 nitrogen and oxygen atoms in total. The Morgan fingerprint density at radius 3 is 2.71 bits per heavy atom. The Morgan fingerprint density at radius 1 is 1.16 bits per heavy atom. The number of carbonyl (C=O) groups is 1. The van der Waals surface area contributed by atoms with Crippen molar-refractivity contribution in [3.8, 4) is 16.9 Å². The monoisotopic (exact) mass is 423 g/mol. The Kier molecular flexibility index (Phi) is 6.32. The van der Waals surface area contributed by atoms with Crippen LogP contribution >= 0.6 is 0 Å². The number of pyridine rings is 1. The Morgan fingerprint density at radius 2 is 1.97 bits per heavy atom. The summed E-state index contributed by atoms with van der Waals surface area (Å²) in [6, 6.07) is 9.64. The molecular weight excluding hydrogens is 401 g/mol. The van der Waals surface area contributed by atoms with Gasteiger partial charge in [-0.1, -0.05) is 12.1 Å². The lowest BCUT2D eigenvalue weighted by Gasteiger charge is -2.32. The number of nitrogens with two attached hydrogens (primary N) is 1. The summed E-state index contributed by atoms with van der Waals surface area (Å²) < 4.78 is 24.5. The van der Waals surface area contributed by atoms with Crippen LogP contribution in [0, 0.1) is 5.82 Å². The van der Waals surface area contributed by atoms with Gasteiger partial charge in [-0.2, -0.15) is 0 Å². The van der Waals surface area contributed by atoms with Crippen LogP contribution in [0.15, 0.2) is 55.0 Å². The lowest BCUT2D eigenvalue weighted by atomic mass is 10.1. The van der Waals surface area contributed by atoms with E-state index in [1.807, 2.05) is 12.1 Å². The van der Waals surface area contributed by atoms with Crippen LogP contribution in [0.3, 0.4) is 0 Å². The first kappa shape index (κ1) is 20.7. The predicted octanol–water partition coefficient (Wildman–Crippen LogP) is 2.63. The molecule has 0 spiro atoms. The summed E-state index contributed by atoms with van der Waals surface area (Å²) in [7, 11) is 0. The molecule has 3 aromatic rings. The fourth-order valence-electron chi connectivity index (χ4n) is 3.28. The number of hydrogen-bond donors (Lipinski definition) is 1. The number of anilines is 1. The number of aromatic nitrogens is 3. The maximum absolute atomic E-state index is 13.2. The Balaban J connectivity index is 1.32. The Bertz CT molecular complexity index is 1030. The van der Waals surface area contributed by atoms with Crippen LogP contribution in [0.2, 0.25) is 0 Å². The van der Waals surface area contributed by atoms with E-state index in [1.165, 1.54) is 12.1 Å². The molecule has 2 N–H and O–H groups in total. The molecule has 3 heterocycles. The van der Waals surface area contributed by atoms with E-state index < -0.39 is 0 Å². The second kappa shape index (κ2) is 9.48. The summed E-state index contributed by atoms with van der Waals surface area (Å²) in [5.74, 6) is 0.209. The second-order valence-electron chi connectivity index (χ2n) is 7.06. The van der Waals surface area contributed by atoms with Gasteiger partial charge in [-0.3, -0.25) is 9.78 Å². The minimum atomic E-state index is -0.373. The molecule has 2 aromatic heterocycles. The number of rotatable bonds is 6. The molecule has 1 aromatic carbocycles. The van der Waals surface area contributed by atoms with E-state index in [1.54, 1.807) is 35.6 Å². The summed E-state index contributed by atoms with van der Waals surface area (Å²) >= 11 is 0. The zero-order valence-electron chi connectivity index (χ0n) is 16.8. The zero-order chi connectivity index (χ0) is 21.6. The van der Waals surface area contributed by atoms with Gasteiger partial charge in [0.15, 0.2) is 0 Å². The molecule has 1 aliphatic rings. The quantitative estimate of drug-likeness (QED) is 0.650. The van der Waals surface area contributed by atoms with Gasteiger partial charge in [-0.15, -0.1) is 0 Å². The number of ether oxygens (including phenoxy) is 2. The molecule has 4 rings (SSSR count). The summed E-state index contributed by atoms with van der Waals surface area (Å²) in [5, 5.41) is 0. The third kappa shape index (κ3) is 5.32. The van der Waals surface area contributed by atoms with E-state index in [2.05, 4.69) is 15.0 Å². The normalized spacial score (nSPS) is 16.2. The topological polar surface area (TPSA) is 103 Å². The van der Waals surface area contributed by atoms with Crippen LogP contribution in [-0.2, 0) is 9.53 Å². The fraction of sp³-hybridized carbons (Fsp3) is 0.273. The molecule has 1 amide bonds. The van der Waals surface area contributed by atoms with Crippen LogP contribution < -0.4 is 10.5 Å². The van der Waals surface area contributed by atoms with Crippen molar-refractivity contribution in [2.75, 3.05) is 32.0 Å². The molecule has 1 aliphatic heterocycles. The summed E-state index contributed by atoms with van der Waals surface area (Å²) in [5.41, 5.74) is 7.94. The van der Waals surface area contributed by atoms with Crippen molar-refractivity contribution in [2.24, 2.45) is 0 Å². The second-order valence-corrected chi connectivity index (χ2v) is 7.06. The van der Waals surface area contributed by atoms with Crippen LogP contribution in [0.5, 0.6) is 5.75 Å². The first-order chi connectivity index (χ1) is 15.1. The molecule has 160 valence electrons. The number of nitrogen functional groups attached to an aromatic ring is 1. The van der Waals surface area contributed by atoms with Gasteiger partial charge in [-0.25, -0.2) is 14.4 Å². The average Bonchev–Trinajstić information content (AvgIpc) is 2.80. The van der Waals surface area contributed by atoms with Gasteiger partial charge in [0.05, 0.1) is 31.9 Å². The molecule has 0 unspecified atom stereocenters. The molecule has 0 saturated carbocycles. The predicted molar refractivity (Wildman–Crippen MR) is 111 cm³/mol. The van der Waals surface area contributed by atoms with E-state index in [9.17, 15) is 9.18 Å². The van der Waals surface area contributed by atoms with Gasteiger partial charge in [0.2, 0.25) is 11.9 Å². The SMILES string of the molecule is Nc1ncc(-c2ccc([C@H]3CN(C(=O)CCOc4cccc(F)c4)CCO3)nc2)cn1. The molecule has 9 heteroatoms. The van der Waals surface area contributed by atoms with Crippen molar-refractivity contribution in [1.29, 1.82) is 0 Å². The highest BCUT2D eigenvalue weighted by Crippen LogP contribution is 2.24. The van der Waals surface area contributed by atoms with Crippen molar-refractivity contribution in [1.82, 2.24) is 19.9 Å². The number of amides is 1. The van der Waals surface area contributed by atoms with Crippen LogP contribution in [0.25, 0.3) is 11.1 Å². The van der Waals surface area contributed by atoms with Gasteiger partial charge >= 0.3 is 0 Å². The molecular formula is C22H22FN5O3. The smallest absolute Gasteiger partial charge is 0.226 e. The highest BCUT2D eigenvalue weighted by Gasteiger charge is 2.26. The minimum absolute atomic E-state index is 0.0413. The van der Waals surface area contributed by atoms with Crippen LogP contribution in [-0.4, -0.2) is 52.1 Å². The highest BCUT2D eigenvalue weighted by atomic mass is 19.1. The van der Waals surface area contributed by atoms with Crippen molar-refractivity contribution in [3.63, 3.8) is 0 Å². The lowest BCUT2D eigenvalue weighted by Crippen LogP contribution is -2.42. The number of benzene rings is 1. The van der Waals surface area contributed by atoms with E-state index >= 15 is 0 Å². The molecule has 1 atom stereocenters. The third-order valence-electron chi connectivity index (χ3n) is 4.92. The maximum Gasteiger partial charge on any atom is 0.226 e. The van der Waals surface area contributed by atoms with Crippen LogP contribution in [0.4, 0.5) is 10.3 Å². The van der Waals surface area contributed by atoms with Gasteiger partial charge in [0.1, 0.15) is 17.7 Å². The van der Waals surface area contributed by atoms with Crippen molar-refractivity contribution in [3.05, 3.63) is 66.5 Å².